The van der Waals surface area contributed by atoms with Crippen molar-refractivity contribution in [3.8, 4) is 0 Å². The van der Waals surface area contributed by atoms with Gasteiger partial charge in [-0.25, -0.2) is 4.79 Å². The molecule has 6 nitrogen and oxygen atoms in total. The highest BCUT2D eigenvalue weighted by atomic mass is 32.1. The van der Waals surface area contributed by atoms with Gasteiger partial charge in [-0.1, -0.05) is 30.3 Å². The van der Waals surface area contributed by atoms with Crippen molar-refractivity contribution in [1.82, 2.24) is 4.98 Å². The molecule has 0 aliphatic heterocycles. The second-order valence-electron chi connectivity index (χ2n) is 3.89. The number of nitrogens with zero attached hydrogens (tertiary/aromatic N) is 2. The molecular formula is C14H10N2O4S. The third-order valence-electron chi connectivity index (χ3n) is 2.46. The van der Waals surface area contributed by atoms with Gasteiger partial charge in [-0.05, 0) is 45.5 Å². The number of carbonyl (C=O) groups is 1. The van der Waals surface area contributed by atoms with E-state index in [0.29, 0.717) is 11.1 Å². The number of para-hydroxylation sites is 1. The summed E-state index contributed by atoms with van der Waals surface area (Å²) in [6, 6.07) is 15.5. The molecule has 0 aliphatic rings. The van der Waals surface area contributed by atoms with Crippen LogP contribution in [0.15, 0.2) is 54.6 Å². The normalized spacial score (nSPS) is 9.71. The molecule has 7 heteroatoms. The zero-order chi connectivity index (χ0) is 15.2. The van der Waals surface area contributed by atoms with Gasteiger partial charge in [0.1, 0.15) is 0 Å². The zero-order valence-corrected chi connectivity index (χ0v) is 11.5. The monoisotopic (exact) mass is 302 g/mol. The average molecular weight is 302 g/mol. The number of nitro groups is 1. The molecule has 3 aromatic rings. The van der Waals surface area contributed by atoms with Crippen LogP contribution in [0.5, 0.6) is 0 Å². The number of rotatable bonds is 2. The van der Waals surface area contributed by atoms with Crippen molar-refractivity contribution in [2.24, 2.45) is 0 Å². The first-order chi connectivity index (χ1) is 10.1. The Balaban J connectivity index is 0.000000161. The van der Waals surface area contributed by atoms with E-state index < -0.39 is 10.9 Å². The quantitative estimate of drug-likeness (QED) is 0.576. The summed E-state index contributed by atoms with van der Waals surface area (Å²) in [7, 11) is 0. The van der Waals surface area contributed by atoms with Gasteiger partial charge in [0, 0.05) is 0 Å². The van der Waals surface area contributed by atoms with Crippen LogP contribution in [0.3, 0.4) is 0 Å². The van der Waals surface area contributed by atoms with Gasteiger partial charge in [0.05, 0.1) is 10.3 Å². The zero-order valence-electron chi connectivity index (χ0n) is 10.7. The molecule has 0 fully saturated rings. The van der Waals surface area contributed by atoms with Crippen LogP contribution in [0.25, 0.3) is 10.2 Å². The fraction of sp³-hybridized carbons (Fsp3) is 0. The van der Waals surface area contributed by atoms with Gasteiger partial charge < -0.3 is 15.2 Å². The average Bonchev–Trinajstić information content (AvgIpc) is 2.93. The van der Waals surface area contributed by atoms with Gasteiger partial charge in [-0.3, -0.25) is 0 Å². The van der Waals surface area contributed by atoms with Crippen molar-refractivity contribution < 1.29 is 14.8 Å². The van der Waals surface area contributed by atoms with Crippen molar-refractivity contribution in [3.05, 3.63) is 70.3 Å². The molecule has 0 saturated heterocycles. The number of hydrogen-bond acceptors (Lipinski definition) is 5. The number of aromatic nitrogens is 1. The lowest BCUT2D eigenvalue weighted by Crippen LogP contribution is -1.93. The fourth-order valence-electron chi connectivity index (χ4n) is 1.52. The summed E-state index contributed by atoms with van der Waals surface area (Å²) in [6.45, 7) is 0. The topological polar surface area (TPSA) is 93.3 Å². The number of hydrogen-bond donors (Lipinski definition) is 1. The summed E-state index contributed by atoms with van der Waals surface area (Å²) >= 11 is 1.10. The molecular weight excluding hydrogens is 292 g/mol. The number of fused-ring (bicyclic) bond motifs is 1. The first-order valence-corrected chi connectivity index (χ1v) is 6.68. The molecule has 0 unspecified atom stereocenters. The standard InChI is InChI=1S/C7H4N2O2S.C7H6O2/c10-9(11)7-8-5-3-1-2-4-6(5)12-7;8-7(9)6-4-2-1-3-5-6/h1-4H;1-5H,(H,8,9). The van der Waals surface area contributed by atoms with E-state index in [2.05, 4.69) is 4.98 Å². The molecule has 0 radical (unpaired) electrons. The molecule has 0 aliphatic carbocycles. The van der Waals surface area contributed by atoms with Gasteiger partial charge in [-0.15, -0.1) is 0 Å². The minimum atomic E-state index is -0.879. The third-order valence-corrected chi connectivity index (χ3v) is 3.45. The first-order valence-electron chi connectivity index (χ1n) is 5.86. The van der Waals surface area contributed by atoms with Crippen LogP contribution < -0.4 is 0 Å². The Morgan fingerprint density at radius 2 is 1.71 bits per heavy atom. The fourth-order valence-corrected chi connectivity index (χ4v) is 2.30. The maximum absolute atomic E-state index is 10.3. The maximum atomic E-state index is 10.3. The Morgan fingerprint density at radius 3 is 2.24 bits per heavy atom. The molecule has 0 bridgehead atoms. The van der Waals surface area contributed by atoms with Crippen LogP contribution in [-0.4, -0.2) is 21.0 Å². The van der Waals surface area contributed by atoms with E-state index in [1.165, 1.54) is 0 Å². The Labute approximate surface area is 123 Å². The van der Waals surface area contributed by atoms with Crippen LogP contribution >= 0.6 is 11.3 Å². The summed E-state index contributed by atoms with van der Waals surface area (Å²) in [4.78, 5) is 23.9. The van der Waals surface area contributed by atoms with Crippen LogP contribution in [0.2, 0.25) is 0 Å². The smallest absolute Gasteiger partial charge is 0.424 e. The number of thiazole rings is 1. The molecule has 0 atom stereocenters. The number of benzene rings is 2. The highest BCUT2D eigenvalue weighted by molar-refractivity contribution is 7.21. The molecule has 0 spiro atoms. The van der Waals surface area contributed by atoms with E-state index >= 15 is 0 Å². The Kier molecular flexibility index (Phi) is 4.57. The molecule has 0 amide bonds. The predicted octanol–water partition coefficient (Wildman–Crippen LogP) is 3.59. The minimum Gasteiger partial charge on any atom is -0.478 e. The largest absolute Gasteiger partial charge is 0.478 e. The van der Waals surface area contributed by atoms with Gasteiger partial charge in [-0.2, -0.15) is 0 Å². The van der Waals surface area contributed by atoms with Crippen LogP contribution in [0.4, 0.5) is 5.13 Å². The molecule has 1 aromatic heterocycles. The van der Waals surface area contributed by atoms with Crippen molar-refractivity contribution in [1.29, 1.82) is 0 Å². The van der Waals surface area contributed by atoms with E-state index in [-0.39, 0.29) is 5.13 Å². The van der Waals surface area contributed by atoms with Gasteiger partial charge in [0.25, 0.3) is 0 Å². The summed E-state index contributed by atoms with van der Waals surface area (Å²) in [5, 5.41) is 18.7. The maximum Gasteiger partial charge on any atom is 0.424 e. The Bertz CT molecular complexity index is 738. The van der Waals surface area contributed by atoms with E-state index in [0.717, 1.165) is 16.0 Å². The summed E-state index contributed by atoms with van der Waals surface area (Å²) in [5.41, 5.74) is 1.02. The second kappa shape index (κ2) is 6.58. The summed E-state index contributed by atoms with van der Waals surface area (Å²) < 4.78 is 0.851. The van der Waals surface area contributed by atoms with Crippen molar-refractivity contribution >= 4 is 32.7 Å². The molecule has 1 heterocycles. The summed E-state index contributed by atoms with van der Waals surface area (Å²) in [5.74, 6) is -0.879. The molecule has 0 saturated carbocycles. The van der Waals surface area contributed by atoms with Crippen LogP contribution in [0.1, 0.15) is 10.4 Å². The van der Waals surface area contributed by atoms with Crippen molar-refractivity contribution in [2.75, 3.05) is 0 Å². The Hall–Kier alpha value is -2.80. The lowest BCUT2D eigenvalue weighted by Gasteiger charge is -1.88. The highest BCUT2D eigenvalue weighted by Crippen LogP contribution is 2.26. The van der Waals surface area contributed by atoms with Crippen molar-refractivity contribution in [2.45, 2.75) is 0 Å². The van der Waals surface area contributed by atoms with Gasteiger partial charge in [0.15, 0.2) is 5.52 Å². The lowest BCUT2D eigenvalue weighted by molar-refractivity contribution is -0.384. The van der Waals surface area contributed by atoms with Gasteiger partial charge in [0.2, 0.25) is 0 Å². The second-order valence-corrected chi connectivity index (χ2v) is 4.90. The molecule has 2 aromatic carbocycles. The molecule has 1 N–H and O–H groups in total. The number of carboxylic acids is 1. The first kappa shape index (κ1) is 14.6. The van der Waals surface area contributed by atoms with Crippen LogP contribution in [-0.2, 0) is 0 Å². The minimum absolute atomic E-state index is 0.0452. The molecule has 3 rings (SSSR count). The molecule has 106 valence electrons. The number of carboxylic acid groups (broad SMARTS) is 1. The lowest BCUT2D eigenvalue weighted by atomic mass is 10.2. The van der Waals surface area contributed by atoms with E-state index in [9.17, 15) is 14.9 Å². The van der Waals surface area contributed by atoms with E-state index in [1.54, 1.807) is 36.4 Å². The van der Waals surface area contributed by atoms with Crippen molar-refractivity contribution in [3.63, 3.8) is 0 Å². The van der Waals surface area contributed by atoms with E-state index in [1.807, 2.05) is 18.2 Å². The third kappa shape index (κ3) is 3.83. The highest BCUT2D eigenvalue weighted by Gasteiger charge is 2.13. The predicted molar refractivity (Wildman–Crippen MR) is 79.7 cm³/mol. The van der Waals surface area contributed by atoms with Crippen LogP contribution in [0, 0.1) is 10.1 Å². The Morgan fingerprint density at radius 1 is 1.10 bits per heavy atom. The number of aromatic carboxylic acids is 1. The molecule has 21 heavy (non-hydrogen) atoms. The SMILES string of the molecule is O=C(O)c1ccccc1.O=[N+]([O-])c1nc2ccccc2s1. The van der Waals surface area contributed by atoms with Gasteiger partial charge >= 0.3 is 11.1 Å². The van der Waals surface area contributed by atoms with E-state index in [4.69, 9.17) is 5.11 Å². The summed E-state index contributed by atoms with van der Waals surface area (Å²) in [6.07, 6.45) is 0.